The zero-order chi connectivity index (χ0) is 20.4. The molecule has 0 spiro atoms. The van der Waals surface area contributed by atoms with Crippen molar-refractivity contribution < 1.29 is 28.8 Å². The average Bonchev–Trinajstić information content (AvgIpc) is 3.22. The first kappa shape index (κ1) is 20.1. The van der Waals surface area contributed by atoms with Gasteiger partial charge in [0, 0.05) is 19.4 Å². The topological polar surface area (TPSA) is 80.6 Å². The van der Waals surface area contributed by atoms with Gasteiger partial charge in [-0.25, -0.2) is 9.69 Å². The molecular weight excluding hydrogens is 362 g/mol. The smallest absolute Gasteiger partial charge is 0.338 e. The van der Waals surface area contributed by atoms with E-state index in [1.54, 1.807) is 14.2 Å². The molecule has 2 saturated heterocycles. The molecule has 0 radical (unpaired) electrons. The number of hydrogen-bond acceptors (Lipinski definition) is 5. The number of carbonyl (C=O) groups excluding carboxylic acids is 3. The SMILES string of the molecule is COc1ccc(OC)c([C@H]2CCC[NH+]2CN2C(=O)C(=O)N(CC(C)C)C2=O)c1. The van der Waals surface area contributed by atoms with Gasteiger partial charge < -0.3 is 14.4 Å². The molecular formula is C20H28N3O5+. The Morgan fingerprint density at radius 2 is 1.82 bits per heavy atom. The number of carbonyl (C=O) groups is 3. The van der Waals surface area contributed by atoms with Gasteiger partial charge >= 0.3 is 17.8 Å². The van der Waals surface area contributed by atoms with E-state index in [9.17, 15) is 14.4 Å². The Bertz CT molecular complexity index is 779. The van der Waals surface area contributed by atoms with Gasteiger partial charge in [0.25, 0.3) is 0 Å². The molecule has 1 unspecified atom stereocenters. The van der Waals surface area contributed by atoms with Crippen molar-refractivity contribution in [2.24, 2.45) is 5.92 Å². The number of benzene rings is 1. The number of nitrogens with one attached hydrogen (secondary N) is 1. The van der Waals surface area contributed by atoms with Crippen LogP contribution in [0.25, 0.3) is 0 Å². The number of urea groups is 1. The Kier molecular flexibility index (Phi) is 5.88. The molecule has 3 rings (SSSR count). The fourth-order valence-electron chi connectivity index (χ4n) is 4.01. The average molecular weight is 390 g/mol. The predicted octanol–water partition coefficient (Wildman–Crippen LogP) is 0.828. The molecule has 0 bridgehead atoms. The second kappa shape index (κ2) is 8.18. The summed E-state index contributed by atoms with van der Waals surface area (Å²) in [6.07, 6.45) is 1.86. The summed E-state index contributed by atoms with van der Waals surface area (Å²) < 4.78 is 10.9. The molecule has 0 aliphatic carbocycles. The van der Waals surface area contributed by atoms with Crippen LogP contribution >= 0.6 is 0 Å². The molecule has 2 fully saturated rings. The third kappa shape index (κ3) is 3.69. The quantitative estimate of drug-likeness (QED) is 0.551. The van der Waals surface area contributed by atoms with Gasteiger partial charge in [-0.1, -0.05) is 13.8 Å². The zero-order valence-electron chi connectivity index (χ0n) is 16.9. The van der Waals surface area contributed by atoms with Crippen molar-refractivity contribution in [1.29, 1.82) is 0 Å². The van der Waals surface area contributed by atoms with Crippen LogP contribution in [0.4, 0.5) is 4.79 Å². The zero-order valence-corrected chi connectivity index (χ0v) is 16.9. The summed E-state index contributed by atoms with van der Waals surface area (Å²) in [6.45, 7) is 5.04. The highest BCUT2D eigenvalue weighted by Gasteiger charge is 2.47. The fraction of sp³-hybridized carbons (Fsp3) is 0.550. The molecule has 1 aromatic rings. The van der Waals surface area contributed by atoms with E-state index in [1.165, 1.54) is 0 Å². The van der Waals surface area contributed by atoms with Crippen molar-refractivity contribution in [3.05, 3.63) is 23.8 Å². The lowest BCUT2D eigenvalue weighted by molar-refractivity contribution is -0.925. The summed E-state index contributed by atoms with van der Waals surface area (Å²) in [6, 6.07) is 5.19. The highest BCUT2D eigenvalue weighted by Crippen LogP contribution is 2.31. The van der Waals surface area contributed by atoms with Gasteiger partial charge in [-0.05, 0) is 24.1 Å². The van der Waals surface area contributed by atoms with Gasteiger partial charge in [0.15, 0.2) is 6.67 Å². The second-order valence-corrected chi connectivity index (χ2v) is 7.69. The first-order valence-corrected chi connectivity index (χ1v) is 9.61. The van der Waals surface area contributed by atoms with Crippen LogP contribution in [0.1, 0.15) is 38.3 Å². The van der Waals surface area contributed by atoms with Crippen LogP contribution < -0.4 is 14.4 Å². The first-order valence-electron chi connectivity index (χ1n) is 9.61. The second-order valence-electron chi connectivity index (χ2n) is 7.69. The molecule has 2 aliphatic heterocycles. The third-order valence-corrected chi connectivity index (χ3v) is 5.34. The van der Waals surface area contributed by atoms with Gasteiger partial charge in [0.05, 0.1) is 26.3 Å². The molecule has 0 aromatic heterocycles. The molecule has 2 heterocycles. The van der Waals surface area contributed by atoms with E-state index in [0.29, 0.717) is 0 Å². The molecule has 8 heteroatoms. The van der Waals surface area contributed by atoms with E-state index >= 15 is 0 Å². The normalized spacial score (nSPS) is 22.5. The van der Waals surface area contributed by atoms with E-state index in [2.05, 4.69) is 0 Å². The van der Waals surface area contributed by atoms with Crippen LogP contribution in [-0.2, 0) is 9.59 Å². The molecule has 4 amide bonds. The van der Waals surface area contributed by atoms with Crippen molar-refractivity contribution in [3.63, 3.8) is 0 Å². The Morgan fingerprint density at radius 1 is 1.11 bits per heavy atom. The van der Waals surface area contributed by atoms with Crippen LogP contribution in [0.2, 0.25) is 0 Å². The molecule has 1 N–H and O–H groups in total. The van der Waals surface area contributed by atoms with E-state index in [1.807, 2.05) is 32.0 Å². The van der Waals surface area contributed by atoms with Crippen LogP contribution in [0.5, 0.6) is 11.5 Å². The lowest BCUT2D eigenvalue weighted by atomic mass is 10.0. The van der Waals surface area contributed by atoms with Gasteiger partial charge in [-0.3, -0.25) is 14.5 Å². The summed E-state index contributed by atoms with van der Waals surface area (Å²) in [5.41, 5.74) is 0.985. The number of hydrogen-bond donors (Lipinski definition) is 1. The minimum atomic E-state index is -0.735. The Morgan fingerprint density at radius 3 is 2.46 bits per heavy atom. The van der Waals surface area contributed by atoms with Crippen LogP contribution in [-0.4, -0.2) is 61.6 Å². The maximum Gasteiger partial charge on any atom is 0.338 e. The van der Waals surface area contributed by atoms with Gasteiger partial charge in [0.2, 0.25) is 0 Å². The van der Waals surface area contributed by atoms with Crippen molar-refractivity contribution >= 4 is 17.8 Å². The highest BCUT2D eigenvalue weighted by atomic mass is 16.5. The number of nitrogens with zero attached hydrogens (tertiary/aromatic N) is 2. The van der Waals surface area contributed by atoms with Crippen molar-refractivity contribution in [2.45, 2.75) is 32.7 Å². The number of ether oxygens (including phenoxy) is 2. The number of methoxy groups -OCH3 is 2. The summed E-state index contributed by atoms with van der Waals surface area (Å²) in [5.74, 6) is 0.123. The minimum Gasteiger partial charge on any atom is -0.497 e. The third-order valence-electron chi connectivity index (χ3n) is 5.34. The van der Waals surface area contributed by atoms with Gasteiger partial charge in [-0.15, -0.1) is 0 Å². The molecule has 152 valence electrons. The predicted molar refractivity (Wildman–Crippen MR) is 101 cm³/mol. The Hall–Kier alpha value is -2.61. The molecule has 2 aliphatic rings. The van der Waals surface area contributed by atoms with Crippen LogP contribution in [0.15, 0.2) is 18.2 Å². The maximum atomic E-state index is 12.7. The van der Waals surface area contributed by atoms with Crippen LogP contribution in [0.3, 0.4) is 0 Å². The van der Waals surface area contributed by atoms with Gasteiger partial charge in [-0.2, -0.15) is 0 Å². The minimum absolute atomic E-state index is 0.0555. The summed E-state index contributed by atoms with van der Waals surface area (Å²) in [4.78, 5) is 40.5. The van der Waals surface area contributed by atoms with Crippen molar-refractivity contribution in [1.82, 2.24) is 9.80 Å². The number of imide groups is 2. The number of rotatable bonds is 7. The molecule has 0 saturated carbocycles. The van der Waals surface area contributed by atoms with Crippen LogP contribution in [0, 0.1) is 5.92 Å². The number of quaternary nitrogens is 1. The lowest BCUT2D eigenvalue weighted by Gasteiger charge is -2.26. The summed E-state index contributed by atoms with van der Waals surface area (Å²) >= 11 is 0. The van der Waals surface area contributed by atoms with Crippen molar-refractivity contribution in [3.8, 4) is 11.5 Å². The summed E-state index contributed by atoms with van der Waals surface area (Å²) in [7, 11) is 3.23. The highest BCUT2D eigenvalue weighted by molar-refractivity contribution is 6.44. The van der Waals surface area contributed by atoms with E-state index in [-0.39, 0.29) is 25.2 Å². The molecule has 28 heavy (non-hydrogen) atoms. The number of likely N-dealkylation sites (tertiary alicyclic amines) is 1. The maximum absolute atomic E-state index is 12.7. The monoisotopic (exact) mass is 390 g/mol. The summed E-state index contributed by atoms with van der Waals surface area (Å²) in [5, 5.41) is 0. The standard InChI is InChI=1S/C20H27N3O5/c1-13(2)11-22-18(24)19(25)23(20(22)26)12-21-9-5-6-16(21)15-10-14(27-3)7-8-17(15)28-4/h7-8,10,13,16H,5-6,9,11-12H2,1-4H3/p+1/t16-/m1/s1. The number of amides is 4. The Labute approximate surface area is 165 Å². The van der Waals surface area contributed by atoms with Gasteiger partial charge in [0.1, 0.15) is 17.5 Å². The lowest BCUT2D eigenvalue weighted by Crippen LogP contribution is -3.12. The molecule has 2 atom stereocenters. The van der Waals surface area contributed by atoms with E-state index < -0.39 is 17.8 Å². The fourth-order valence-corrected chi connectivity index (χ4v) is 4.01. The molecule has 1 aromatic carbocycles. The van der Waals surface area contributed by atoms with Crippen molar-refractivity contribution in [2.75, 3.05) is 34.0 Å². The van der Waals surface area contributed by atoms with E-state index in [4.69, 9.17) is 9.47 Å². The largest absolute Gasteiger partial charge is 0.497 e. The first-order chi connectivity index (χ1) is 13.4. The Balaban J connectivity index is 1.82. The molecule has 8 nitrogen and oxygen atoms in total. The van der Waals surface area contributed by atoms with E-state index in [0.717, 1.165) is 51.1 Å².